The monoisotopic (exact) mass is 281 g/mol. The zero-order valence-corrected chi connectivity index (χ0v) is 10.6. The van der Waals surface area contributed by atoms with Crippen LogP contribution in [0.4, 0.5) is 21.6 Å². The Kier molecular flexibility index (Phi) is 3.62. The molecule has 0 aliphatic rings. The van der Waals surface area contributed by atoms with Crippen LogP contribution >= 0.6 is 11.6 Å². The van der Waals surface area contributed by atoms with Crippen molar-refractivity contribution in [1.82, 2.24) is 4.98 Å². The molecule has 1 heterocycles. The van der Waals surface area contributed by atoms with Crippen molar-refractivity contribution in [2.45, 2.75) is 0 Å². The van der Waals surface area contributed by atoms with E-state index < -0.39 is 4.92 Å². The van der Waals surface area contributed by atoms with E-state index in [9.17, 15) is 14.5 Å². The van der Waals surface area contributed by atoms with Gasteiger partial charge in [0.15, 0.2) is 0 Å². The first kappa shape index (κ1) is 13.2. The lowest BCUT2D eigenvalue weighted by atomic mass is 10.2. The number of benzene rings is 1. The SMILES string of the molecule is CN(c1ccc(F)cc1)c1nc(Cl)ccc1[N+](=O)[O-]. The Morgan fingerprint density at radius 3 is 2.47 bits per heavy atom. The zero-order valence-electron chi connectivity index (χ0n) is 9.88. The first-order valence-corrected chi connectivity index (χ1v) is 5.67. The molecule has 1 aromatic carbocycles. The highest BCUT2D eigenvalue weighted by molar-refractivity contribution is 6.29. The lowest BCUT2D eigenvalue weighted by molar-refractivity contribution is -0.384. The van der Waals surface area contributed by atoms with Crippen molar-refractivity contribution in [3.63, 3.8) is 0 Å². The molecular formula is C12H9ClFN3O2. The van der Waals surface area contributed by atoms with Gasteiger partial charge < -0.3 is 4.90 Å². The number of hydrogen-bond donors (Lipinski definition) is 0. The molecule has 0 amide bonds. The van der Waals surface area contributed by atoms with Gasteiger partial charge in [-0.3, -0.25) is 10.1 Å². The molecule has 0 fully saturated rings. The number of nitro groups is 1. The molecule has 2 rings (SSSR count). The van der Waals surface area contributed by atoms with Gasteiger partial charge in [-0.05, 0) is 30.3 Å². The largest absolute Gasteiger partial charge is 0.324 e. The quantitative estimate of drug-likeness (QED) is 0.490. The number of halogens is 2. The second-order valence-corrected chi connectivity index (χ2v) is 4.16. The number of rotatable bonds is 3. The highest BCUT2D eigenvalue weighted by Crippen LogP contribution is 2.31. The van der Waals surface area contributed by atoms with Crippen molar-refractivity contribution in [2.75, 3.05) is 11.9 Å². The van der Waals surface area contributed by atoms with E-state index in [1.807, 2.05) is 0 Å². The summed E-state index contributed by atoms with van der Waals surface area (Å²) < 4.78 is 12.9. The molecule has 98 valence electrons. The number of pyridine rings is 1. The first-order valence-electron chi connectivity index (χ1n) is 5.29. The summed E-state index contributed by atoms with van der Waals surface area (Å²) in [4.78, 5) is 15.8. The zero-order chi connectivity index (χ0) is 14.0. The van der Waals surface area contributed by atoms with Gasteiger partial charge in [0.2, 0.25) is 5.82 Å². The van der Waals surface area contributed by atoms with Gasteiger partial charge in [-0.25, -0.2) is 9.37 Å². The van der Waals surface area contributed by atoms with E-state index in [0.717, 1.165) is 0 Å². The van der Waals surface area contributed by atoms with E-state index in [0.29, 0.717) is 5.69 Å². The third-order valence-electron chi connectivity index (χ3n) is 2.55. The number of hydrogen-bond acceptors (Lipinski definition) is 4. The number of nitrogens with zero attached hydrogens (tertiary/aromatic N) is 3. The highest BCUT2D eigenvalue weighted by atomic mass is 35.5. The van der Waals surface area contributed by atoms with Crippen LogP contribution in [-0.2, 0) is 0 Å². The molecule has 0 aliphatic carbocycles. The normalized spacial score (nSPS) is 10.3. The number of aromatic nitrogens is 1. The highest BCUT2D eigenvalue weighted by Gasteiger charge is 2.20. The first-order chi connectivity index (χ1) is 8.99. The Labute approximate surface area is 113 Å². The standard InChI is InChI=1S/C12H9ClFN3O2/c1-16(9-4-2-8(14)3-5-9)12-10(17(18)19)6-7-11(13)15-12/h2-7H,1H3. The second-order valence-electron chi connectivity index (χ2n) is 3.77. The fourth-order valence-electron chi connectivity index (χ4n) is 1.59. The van der Waals surface area contributed by atoms with Gasteiger partial charge in [-0.15, -0.1) is 0 Å². The minimum absolute atomic E-state index is 0.101. The number of anilines is 2. The fraction of sp³-hybridized carbons (Fsp3) is 0.0833. The average Bonchev–Trinajstić information content (AvgIpc) is 2.38. The smallest absolute Gasteiger partial charge is 0.312 e. The van der Waals surface area contributed by atoms with Crippen LogP contribution in [-0.4, -0.2) is 17.0 Å². The van der Waals surface area contributed by atoms with E-state index >= 15 is 0 Å². The summed E-state index contributed by atoms with van der Waals surface area (Å²) in [5, 5.41) is 11.1. The van der Waals surface area contributed by atoms with Gasteiger partial charge in [-0.2, -0.15) is 0 Å². The summed E-state index contributed by atoms with van der Waals surface area (Å²) in [5.41, 5.74) is 0.399. The summed E-state index contributed by atoms with van der Waals surface area (Å²) in [7, 11) is 1.60. The predicted octanol–water partition coefficient (Wildman–Crippen LogP) is 3.55. The molecule has 0 bridgehead atoms. The third-order valence-corrected chi connectivity index (χ3v) is 2.76. The van der Waals surface area contributed by atoms with Crippen molar-refractivity contribution in [3.8, 4) is 0 Å². The molecule has 19 heavy (non-hydrogen) atoms. The lowest BCUT2D eigenvalue weighted by Gasteiger charge is -2.18. The molecule has 0 aliphatic heterocycles. The van der Waals surface area contributed by atoms with Crippen molar-refractivity contribution in [2.24, 2.45) is 0 Å². The van der Waals surface area contributed by atoms with E-state index in [-0.39, 0.29) is 22.5 Å². The summed E-state index contributed by atoms with van der Waals surface area (Å²) in [6.07, 6.45) is 0. The maximum atomic E-state index is 12.9. The van der Waals surface area contributed by atoms with Crippen LogP contribution in [0, 0.1) is 15.9 Å². The molecule has 0 N–H and O–H groups in total. The second kappa shape index (κ2) is 5.19. The maximum Gasteiger partial charge on any atom is 0.312 e. The maximum absolute atomic E-state index is 12.9. The fourth-order valence-corrected chi connectivity index (χ4v) is 1.74. The third kappa shape index (κ3) is 2.79. The van der Waals surface area contributed by atoms with Gasteiger partial charge in [-0.1, -0.05) is 11.6 Å². The molecule has 0 saturated heterocycles. The van der Waals surface area contributed by atoms with E-state index in [1.54, 1.807) is 7.05 Å². The molecule has 0 spiro atoms. The van der Waals surface area contributed by atoms with Crippen LogP contribution < -0.4 is 4.90 Å². The molecule has 0 unspecified atom stereocenters. The van der Waals surface area contributed by atoms with Crippen LogP contribution in [0.25, 0.3) is 0 Å². The van der Waals surface area contributed by atoms with Crippen LogP contribution in [0.5, 0.6) is 0 Å². The van der Waals surface area contributed by atoms with Gasteiger partial charge in [0.1, 0.15) is 11.0 Å². The Hall–Kier alpha value is -2.21. The van der Waals surface area contributed by atoms with Gasteiger partial charge in [0.25, 0.3) is 0 Å². The molecule has 0 atom stereocenters. The topological polar surface area (TPSA) is 59.3 Å². The average molecular weight is 282 g/mol. The van der Waals surface area contributed by atoms with Crippen molar-refractivity contribution >= 4 is 28.8 Å². The predicted molar refractivity (Wildman–Crippen MR) is 70.4 cm³/mol. The van der Waals surface area contributed by atoms with Gasteiger partial charge in [0.05, 0.1) is 4.92 Å². The minimum atomic E-state index is -0.543. The molecule has 0 radical (unpaired) electrons. The molecule has 1 aromatic heterocycles. The Morgan fingerprint density at radius 2 is 1.89 bits per heavy atom. The van der Waals surface area contributed by atoms with Crippen LogP contribution in [0.15, 0.2) is 36.4 Å². The van der Waals surface area contributed by atoms with Crippen LogP contribution in [0.1, 0.15) is 0 Å². The Bertz CT molecular complexity index is 619. The molecule has 7 heteroatoms. The molecule has 2 aromatic rings. The molecule has 5 nitrogen and oxygen atoms in total. The van der Waals surface area contributed by atoms with Crippen LogP contribution in [0.3, 0.4) is 0 Å². The summed E-state index contributed by atoms with van der Waals surface area (Å²) in [6, 6.07) is 8.17. The molecular weight excluding hydrogens is 273 g/mol. The lowest BCUT2D eigenvalue weighted by Crippen LogP contribution is -2.13. The Balaban J connectivity index is 2.48. The van der Waals surface area contributed by atoms with E-state index in [4.69, 9.17) is 11.6 Å². The summed E-state index contributed by atoms with van der Waals surface area (Å²) >= 11 is 5.76. The summed E-state index contributed by atoms with van der Waals surface area (Å²) in [5.74, 6) is -0.283. The van der Waals surface area contributed by atoms with Gasteiger partial charge in [0, 0.05) is 18.8 Å². The van der Waals surface area contributed by atoms with Gasteiger partial charge >= 0.3 is 5.69 Å². The van der Waals surface area contributed by atoms with Crippen molar-refractivity contribution < 1.29 is 9.31 Å². The van der Waals surface area contributed by atoms with Crippen LogP contribution in [0.2, 0.25) is 5.15 Å². The van der Waals surface area contributed by atoms with Crippen molar-refractivity contribution in [1.29, 1.82) is 0 Å². The minimum Gasteiger partial charge on any atom is -0.324 e. The molecule has 0 saturated carbocycles. The Morgan fingerprint density at radius 1 is 1.26 bits per heavy atom. The van der Waals surface area contributed by atoms with E-state index in [1.165, 1.54) is 41.3 Å². The van der Waals surface area contributed by atoms with E-state index in [2.05, 4.69) is 4.98 Å². The summed E-state index contributed by atoms with van der Waals surface area (Å²) in [6.45, 7) is 0. The van der Waals surface area contributed by atoms with Crippen molar-refractivity contribution in [3.05, 3.63) is 57.5 Å².